The highest BCUT2D eigenvalue weighted by Crippen LogP contribution is 2.29. The predicted molar refractivity (Wildman–Crippen MR) is 143 cm³/mol. The number of anilines is 1. The first-order valence-electron chi connectivity index (χ1n) is 11.6. The highest BCUT2D eigenvalue weighted by Gasteiger charge is 2.24. The molecule has 4 aromatic rings. The van der Waals surface area contributed by atoms with Gasteiger partial charge in [0.05, 0.1) is 34.9 Å². The van der Waals surface area contributed by atoms with Crippen molar-refractivity contribution < 1.29 is 13.7 Å². The quantitative estimate of drug-likeness (QED) is 0.279. The second kappa shape index (κ2) is 11.2. The number of hydrogen-bond acceptors (Lipinski definition) is 3. The number of hydrogen-bond donors (Lipinski definition) is 0. The number of carbonyl (C=O) groups is 1. The molecule has 1 atom stereocenters. The molecular weight excluding hydrogens is 454 g/mol. The highest BCUT2D eigenvalue weighted by atomic mass is 32.2. The summed E-state index contributed by atoms with van der Waals surface area (Å²) in [7, 11) is 0.323. The first-order valence-corrected chi connectivity index (χ1v) is 12.8. The highest BCUT2D eigenvalue weighted by molar-refractivity contribution is 7.85. The molecule has 5 heteroatoms. The molecular formula is C30H29NO3S. The lowest BCUT2D eigenvalue weighted by Gasteiger charge is -2.26. The Balaban J connectivity index is 1.80. The van der Waals surface area contributed by atoms with Gasteiger partial charge < -0.3 is 9.64 Å². The lowest BCUT2D eigenvalue weighted by molar-refractivity contribution is 0.0982. The molecule has 1 amide bonds. The third-order valence-corrected chi connectivity index (χ3v) is 7.47. The van der Waals surface area contributed by atoms with Crippen molar-refractivity contribution in [1.29, 1.82) is 0 Å². The molecule has 0 aliphatic carbocycles. The maximum absolute atomic E-state index is 14.1. The van der Waals surface area contributed by atoms with Gasteiger partial charge in [0, 0.05) is 10.9 Å². The minimum absolute atomic E-state index is 0.0998. The summed E-state index contributed by atoms with van der Waals surface area (Å²) in [5.74, 6) is 0.523. The van der Waals surface area contributed by atoms with Crippen molar-refractivity contribution in [1.82, 2.24) is 0 Å². The van der Waals surface area contributed by atoms with Crippen LogP contribution in [0.2, 0.25) is 0 Å². The third-order valence-electron chi connectivity index (χ3n) is 5.82. The van der Waals surface area contributed by atoms with Crippen LogP contribution in [0.5, 0.6) is 5.75 Å². The molecule has 0 aliphatic heterocycles. The monoisotopic (exact) mass is 483 g/mol. The minimum Gasteiger partial charge on any atom is -0.497 e. The molecule has 1 unspecified atom stereocenters. The fraction of sp³-hybridized carbons (Fsp3) is 0.167. The Morgan fingerprint density at radius 1 is 0.829 bits per heavy atom. The largest absolute Gasteiger partial charge is 0.497 e. The topological polar surface area (TPSA) is 46.6 Å². The van der Waals surface area contributed by atoms with E-state index in [2.05, 4.69) is 18.2 Å². The number of rotatable bonds is 8. The van der Waals surface area contributed by atoms with E-state index >= 15 is 0 Å². The van der Waals surface area contributed by atoms with Crippen molar-refractivity contribution in [3.8, 4) is 16.9 Å². The minimum atomic E-state index is -1.29. The zero-order chi connectivity index (χ0) is 24.8. The van der Waals surface area contributed by atoms with E-state index in [9.17, 15) is 9.00 Å². The van der Waals surface area contributed by atoms with E-state index in [0.29, 0.717) is 22.8 Å². The van der Waals surface area contributed by atoms with Crippen LogP contribution in [0.1, 0.15) is 29.8 Å². The molecule has 0 spiro atoms. The van der Waals surface area contributed by atoms with Crippen LogP contribution in [0.15, 0.2) is 108 Å². The molecule has 0 heterocycles. The number of amides is 1. The molecule has 0 bridgehead atoms. The molecule has 4 nitrogen and oxygen atoms in total. The van der Waals surface area contributed by atoms with Gasteiger partial charge in [-0.05, 0) is 53.1 Å². The van der Waals surface area contributed by atoms with Gasteiger partial charge in [-0.2, -0.15) is 0 Å². The van der Waals surface area contributed by atoms with Crippen molar-refractivity contribution in [3.05, 3.63) is 114 Å². The van der Waals surface area contributed by atoms with Gasteiger partial charge in [-0.25, -0.2) is 0 Å². The van der Waals surface area contributed by atoms with Crippen molar-refractivity contribution in [2.24, 2.45) is 0 Å². The van der Waals surface area contributed by atoms with Crippen LogP contribution in [0.3, 0.4) is 0 Å². The average molecular weight is 484 g/mol. The summed E-state index contributed by atoms with van der Waals surface area (Å²) in [6, 6.07) is 32.9. The number of methoxy groups -OCH3 is 1. The van der Waals surface area contributed by atoms with Crippen molar-refractivity contribution in [2.45, 2.75) is 30.5 Å². The Morgan fingerprint density at radius 2 is 1.46 bits per heavy atom. The summed E-state index contributed by atoms with van der Waals surface area (Å²) in [5.41, 5.74) is 4.37. The molecule has 0 saturated heterocycles. The zero-order valence-electron chi connectivity index (χ0n) is 20.2. The van der Waals surface area contributed by atoms with Crippen LogP contribution in [-0.2, 0) is 17.3 Å². The lowest BCUT2D eigenvalue weighted by Crippen LogP contribution is -2.31. The molecule has 0 fully saturated rings. The van der Waals surface area contributed by atoms with E-state index in [1.54, 1.807) is 24.1 Å². The number of benzene rings is 4. The Hall–Kier alpha value is -3.70. The molecule has 178 valence electrons. The standard InChI is InChI=1S/C30H29NO3S/c1-22(2)35(33)29-16-10-9-15-28(29)30(32)31(25-17-19-26(34-3)20-18-25)21-24-13-7-8-14-27(24)23-11-5-4-6-12-23/h4-20,22H,21H2,1-3H3. The van der Waals surface area contributed by atoms with E-state index < -0.39 is 10.8 Å². The zero-order valence-corrected chi connectivity index (χ0v) is 21.0. The third kappa shape index (κ3) is 5.52. The summed E-state index contributed by atoms with van der Waals surface area (Å²) in [4.78, 5) is 16.4. The summed E-state index contributed by atoms with van der Waals surface area (Å²) in [6.07, 6.45) is 0. The fourth-order valence-corrected chi connectivity index (χ4v) is 5.08. The molecule has 4 rings (SSSR count). The first kappa shape index (κ1) is 24.4. The van der Waals surface area contributed by atoms with E-state index in [1.165, 1.54) is 0 Å². The lowest BCUT2D eigenvalue weighted by atomic mass is 9.99. The van der Waals surface area contributed by atoms with E-state index in [1.807, 2.05) is 86.6 Å². The van der Waals surface area contributed by atoms with E-state index in [4.69, 9.17) is 4.74 Å². The van der Waals surface area contributed by atoms with E-state index in [-0.39, 0.29) is 11.2 Å². The van der Waals surface area contributed by atoms with Crippen molar-refractivity contribution in [3.63, 3.8) is 0 Å². The molecule has 0 N–H and O–H groups in total. The molecule has 0 saturated carbocycles. The Kier molecular flexibility index (Phi) is 7.78. The summed E-state index contributed by atoms with van der Waals surface area (Å²) in [5, 5.41) is -0.0998. The van der Waals surface area contributed by atoms with Crippen LogP contribution in [0.4, 0.5) is 5.69 Å². The van der Waals surface area contributed by atoms with Gasteiger partial charge in [-0.1, -0.05) is 80.6 Å². The van der Waals surface area contributed by atoms with Gasteiger partial charge in [0.1, 0.15) is 5.75 Å². The normalized spacial score (nSPS) is 11.8. The van der Waals surface area contributed by atoms with Gasteiger partial charge >= 0.3 is 0 Å². The molecule has 0 radical (unpaired) electrons. The van der Waals surface area contributed by atoms with Gasteiger partial charge in [-0.3, -0.25) is 9.00 Å². The average Bonchev–Trinajstić information content (AvgIpc) is 2.91. The summed E-state index contributed by atoms with van der Waals surface area (Å²) in [6.45, 7) is 4.16. The number of carbonyl (C=O) groups excluding carboxylic acids is 1. The second-order valence-electron chi connectivity index (χ2n) is 8.45. The summed E-state index contributed by atoms with van der Waals surface area (Å²) < 4.78 is 18.4. The van der Waals surface area contributed by atoms with Crippen LogP contribution in [0, 0.1) is 0 Å². The fourth-order valence-electron chi connectivity index (χ4n) is 3.99. The second-order valence-corrected chi connectivity index (χ2v) is 10.4. The summed E-state index contributed by atoms with van der Waals surface area (Å²) >= 11 is 0. The predicted octanol–water partition coefficient (Wildman–Crippen LogP) is 6.73. The molecule has 0 aliphatic rings. The maximum atomic E-state index is 14.1. The van der Waals surface area contributed by atoms with Crippen molar-refractivity contribution >= 4 is 22.4 Å². The van der Waals surface area contributed by atoms with Crippen LogP contribution in [-0.4, -0.2) is 22.5 Å². The SMILES string of the molecule is COc1ccc(N(Cc2ccccc2-c2ccccc2)C(=O)c2ccccc2S(=O)C(C)C)cc1. The molecule has 0 aromatic heterocycles. The van der Waals surface area contributed by atoms with Crippen molar-refractivity contribution in [2.75, 3.05) is 12.0 Å². The Morgan fingerprint density at radius 3 is 2.14 bits per heavy atom. The van der Waals surface area contributed by atoms with Crippen LogP contribution >= 0.6 is 0 Å². The first-order chi connectivity index (χ1) is 17.0. The Bertz CT molecular complexity index is 1320. The van der Waals surface area contributed by atoms with E-state index in [0.717, 1.165) is 22.4 Å². The van der Waals surface area contributed by atoms with Gasteiger partial charge in [0.15, 0.2) is 0 Å². The number of ether oxygens (including phenoxy) is 1. The smallest absolute Gasteiger partial charge is 0.259 e. The molecule has 35 heavy (non-hydrogen) atoms. The van der Waals surface area contributed by atoms with Gasteiger partial charge in [0.2, 0.25) is 0 Å². The Labute approximate surface area is 209 Å². The maximum Gasteiger partial charge on any atom is 0.259 e. The van der Waals surface area contributed by atoms with Gasteiger partial charge in [-0.15, -0.1) is 0 Å². The van der Waals surface area contributed by atoms with Gasteiger partial charge in [0.25, 0.3) is 5.91 Å². The van der Waals surface area contributed by atoms with Crippen LogP contribution in [0.25, 0.3) is 11.1 Å². The molecule has 4 aromatic carbocycles. The van der Waals surface area contributed by atoms with Crippen LogP contribution < -0.4 is 9.64 Å². The number of nitrogens with zero attached hydrogens (tertiary/aromatic N) is 1.